The zero-order chi connectivity index (χ0) is 31.2. The van der Waals surface area contributed by atoms with Crippen LogP contribution in [0.15, 0.2) is 0 Å². The van der Waals surface area contributed by atoms with E-state index < -0.39 is 86.6 Å². The van der Waals surface area contributed by atoms with Gasteiger partial charge in [0.1, 0.15) is 19.8 Å². The minimum atomic E-state index is -7.59. The standard InChI is InChI=1S/C14H12F18O6/c1-5(12(27,28)36-6(15,2-33)9(18,19)20,13(29,30)37-7(16,3-34)10(21,22)23)14(31,32)38-8(17,4-35)11(24,25)26/h33-35H,2-4H2,1H3. The lowest BCUT2D eigenvalue weighted by Crippen LogP contribution is -2.71. The van der Waals surface area contributed by atoms with Gasteiger partial charge >= 0.3 is 54.4 Å². The third-order valence-electron chi connectivity index (χ3n) is 4.50. The first kappa shape index (κ1) is 36.5. The molecule has 0 bridgehead atoms. The van der Waals surface area contributed by atoms with E-state index in [1.807, 2.05) is 0 Å². The van der Waals surface area contributed by atoms with Crippen LogP contribution in [0.3, 0.4) is 0 Å². The molecule has 3 N–H and O–H groups in total. The Morgan fingerprint density at radius 1 is 0.395 bits per heavy atom. The molecular weight excluding hydrogens is 606 g/mol. The fourth-order valence-corrected chi connectivity index (χ4v) is 1.96. The Morgan fingerprint density at radius 2 is 0.553 bits per heavy atom. The van der Waals surface area contributed by atoms with Crippen molar-refractivity contribution in [3.05, 3.63) is 0 Å². The summed E-state index contributed by atoms with van der Waals surface area (Å²) >= 11 is 0. The van der Waals surface area contributed by atoms with E-state index >= 15 is 0 Å². The SMILES string of the molecule is CC(C(F)(F)OC(F)(CO)C(F)(F)F)(C(F)(F)OC(F)(CO)C(F)(F)F)C(F)(F)OC(F)(CO)C(F)(F)F. The summed E-state index contributed by atoms with van der Waals surface area (Å²) in [5.74, 6) is -19.3. The highest BCUT2D eigenvalue weighted by molar-refractivity contribution is 5.01. The number of aliphatic hydroxyl groups is 3. The summed E-state index contributed by atoms with van der Waals surface area (Å²) in [5, 5.41) is 25.0. The van der Waals surface area contributed by atoms with Crippen molar-refractivity contribution in [1.29, 1.82) is 0 Å². The van der Waals surface area contributed by atoms with Gasteiger partial charge in [0.15, 0.2) is 0 Å². The van der Waals surface area contributed by atoms with Gasteiger partial charge in [-0.05, 0) is 6.92 Å². The van der Waals surface area contributed by atoms with E-state index in [1.54, 1.807) is 0 Å². The maximum absolute atomic E-state index is 14.5. The highest BCUT2D eigenvalue weighted by Crippen LogP contribution is 2.63. The first-order valence-electron chi connectivity index (χ1n) is 8.64. The molecule has 0 rings (SSSR count). The van der Waals surface area contributed by atoms with Crippen molar-refractivity contribution in [3.63, 3.8) is 0 Å². The van der Waals surface area contributed by atoms with Crippen molar-refractivity contribution in [2.45, 2.75) is 61.3 Å². The second-order valence-electron chi connectivity index (χ2n) is 7.13. The van der Waals surface area contributed by atoms with Crippen LogP contribution in [0.25, 0.3) is 0 Å². The van der Waals surface area contributed by atoms with Crippen molar-refractivity contribution in [1.82, 2.24) is 0 Å². The molecule has 0 aromatic rings. The molecule has 0 aromatic heterocycles. The predicted octanol–water partition coefficient (Wildman–Crippen LogP) is 4.48. The number of hydrogen-bond donors (Lipinski definition) is 3. The molecule has 0 aliphatic rings. The van der Waals surface area contributed by atoms with E-state index in [2.05, 4.69) is 14.2 Å². The molecule has 0 fully saturated rings. The Labute approximate surface area is 196 Å². The van der Waals surface area contributed by atoms with Crippen LogP contribution < -0.4 is 0 Å². The van der Waals surface area contributed by atoms with E-state index in [-0.39, 0.29) is 0 Å². The normalized spacial score (nSPS) is 21.3. The van der Waals surface area contributed by atoms with Gasteiger partial charge in [0.25, 0.3) is 0 Å². The lowest BCUT2D eigenvalue weighted by atomic mass is 9.84. The highest BCUT2D eigenvalue weighted by atomic mass is 19.4. The summed E-state index contributed by atoms with van der Waals surface area (Å²) in [6, 6.07) is 0. The van der Waals surface area contributed by atoms with Crippen molar-refractivity contribution in [2.24, 2.45) is 5.41 Å². The molecule has 0 spiro atoms. The fraction of sp³-hybridized carbons (Fsp3) is 1.00. The van der Waals surface area contributed by atoms with Crippen LogP contribution in [0.2, 0.25) is 0 Å². The zero-order valence-electron chi connectivity index (χ0n) is 17.5. The Kier molecular flexibility index (Phi) is 9.76. The van der Waals surface area contributed by atoms with Gasteiger partial charge < -0.3 is 15.3 Å². The molecule has 0 heterocycles. The zero-order valence-corrected chi connectivity index (χ0v) is 17.5. The second-order valence-corrected chi connectivity index (χ2v) is 7.13. The minimum Gasteiger partial charge on any atom is -0.390 e. The van der Waals surface area contributed by atoms with Gasteiger partial charge in [-0.1, -0.05) is 0 Å². The Morgan fingerprint density at radius 3 is 0.658 bits per heavy atom. The number of ether oxygens (including phenoxy) is 3. The van der Waals surface area contributed by atoms with Gasteiger partial charge in [0.05, 0.1) is 0 Å². The molecule has 0 aliphatic carbocycles. The van der Waals surface area contributed by atoms with Crippen LogP contribution in [0, 0.1) is 5.41 Å². The topological polar surface area (TPSA) is 88.4 Å². The monoisotopic (exact) mass is 618 g/mol. The van der Waals surface area contributed by atoms with Gasteiger partial charge in [0, 0.05) is 0 Å². The first-order chi connectivity index (χ1) is 16.3. The molecule has 3 atom stereocenters. The van der Waals surface area contributed by atoms with E-state index in [9.17, 15) is 79.0 Å². The van der Waals surface area contributed by atoms with E-state index in [1.165, 1.54) is 0 Å². The number of alkyl halides is 18. The van der Waals surface area contributed by atoms with E-state index in [0.717, 1.165) is 0 Å². The molecule has 0 radical (unpaired) electrons. The van der Waals surface area contributed by atoms with Crippen LogP contribution in [0.1, 0.15) is 6.92 Å². The largest absolute Gasteiger partial charge is 0.451 e. The number of halogens is 18. The van der Waals surface area contributed by atoms with Gasteiger partial charge in [-0.2, -0.15) is 79.0 Å². The van der Waals surface area contributed by atoms with E-state index in [0.29, 0.717) is 0 Å². The fourth-order valence-electron chi connectivity index (χ4n) is 1.96. The van der Waals surface area contributed by atoms with Crippen LogP contribution in [-0.2, 0) is 14.2 Å². The molecule has 24 heteroatoms. The minimum absolute atomic E-state index is 1.75. The smallest absolute Gasteiger partial charge is 0.390 e. The van der Waals surface area contributed by atoms with Crippen LogP contribution in [0.4, 0.5) is 79.0 Å². The molecule has 0 saturated carbocycles. The molecule has 0 aliphatic heterocycles. The summed E-state index contributed by atoms with van der Waals surface area (Å²) in [4.78, 5) is 0. The molecule has 0 saturated heterocycles. The molecule has 0 amide bonds. The third kappa shape index (κ3) is 6.13. The Hall–Kier alpha value is -1.50. The lowest BCUT2D eigenvalue weighted by molar-refractivity contribution is -0.558. The molecule has 0 aromatic carbocycles. The molecule has 3 unspecified atom stereocenters. The molecule has 6 nitrogen and oxygen atoms in total. The average Bonchev–Trinajstić information content (AvgIpc) is 2.68. The van der Waals surface area contributed by atoms with Crippen molar-refractivity contribution in [3.8, 4) is 0 Å². The highest BCUT2D eigenvalue weighted by Gasteiger charge is 2.86. The summed E-state index contributed by atoms with van der Waals surface area (Å²) in [6.45, 7) is -12.0. The molecular formula is C14H12F18O6. The van der Waals surface area contributed by atoms with Gasteiger partial charge in [-0.25, -0.2) is 0 Å². The second kappa shape index (κ2) is 10.2. The lowest BCUT2D eigenvalue weighted by Gasteiger charge is -2.48. The van der Waals surface area contributed by atoms with Crippen molar-refractivity contribution in [2.75, 3.05) is 19.8 Å². The van der Waals surface area contributed by atoms with E-state index in [4.69, 9.17) is 15.3 Å². The van der Waals surface area contributed by atoms with Gasteiger partial charge in [0.2, 0.25) is 5.41 Å². The van der Waals surface area contributed by atoms with Gasteiger partial charge in [-0.15, -0.1) is 0 Å². The first-order valence-corrected chi connectivity index (χ1v) is 8.64. The summed E-state index contributed by atoms with van der Waals surface area (Å²) in [6.07, 6.45) is -43.8. The Bertz CT molecular complexity index is 708. The third-order valence-corrected chi connectivity index (χ3v) is 4.50. The summed E-state index contributed by atoms with van der Waals surface area (Å²) in [7, 11) is 0. The van der Waals surface area contributed by atoms with Crippen LogP contribution in [0.5, 0.6) is 0 Å². The van der Waals surface area contributed by atoms with Crippen molar-refractivity contribution >= 4 is 0 Å². The summed E-state index contributed by atoms with van der Waals surface area (Å²) in [5.41, 5.74) is -7.11. The average molecular weight is 618 g/mol. The van der Waals surface area contributed by atoms with Gasteiger partial charge in [-0.3, -0.25) is 14.2 Å². The number of hydrogen-bond acceptors (Lipinski definition) is 6. The number of rotatable bonds is 12. The maximum atomic E-state index is 14.5. The summed E-state index contributed by atoms with van der Waals surface area (Å²) < 4.78 is 249. The van der Waals surface area contributed by atoms with Crippen LogP contribution >= 0.6 is 0 Å². The van der Waals surface area contributed by atoms with Crippen molar-refractivity contribution < 1.29 is 109 Å². The maximum Gasteiger partial charge on any atom is 0.451 e. The molecule has 38 heavy (non-hydrogen) atoms. The predicted molar refractivity (Wildman–Crippen MR) is 77.1 cm³/mol. The quantitative estimate of drug-likeness (QED) is 0.280. The number of aliphatic hydroxyl groups excluding tert-OH is 3. The molecule has 230 valence electrons. The van der Waals surface area contributed by atoms with Crippen LogP contribution in [-0.4, -0.2) is 89.6 Å². The Balaban J connectivity index is 7.47.